The molecule has 0 N–H and O–H groups in total. The highest BCUT2D eigenvalue weighted by molar-refractivity contribution is 8.00. The van der Waals surface area contributed by atoms with E-state index in [1.807, 2.05) is 17.7 Å². The number of nitrogens with zero attached hydrogens (tertiary/aromatic N) is 5. The van der Waals surface area contributed by atoms with E-state index < -0.39 is 9.84 Å². The molecule has 2 heterocycles. The second-order valence-corrected chi connectivity index (χ2v) is 9.90. The first kappa shape index (κ1) is 19.7. The molecule has 1 aliphatic heterocycles. The van der Waals surface area contributed by atoms with Crippen molar-refractivity contribution in [3.8, 4) is 6.07 Å². The van der Waals surface area contributed by atoms with E-state index in [-0.39, 0.29) is 28.6 Å². The number of hydrogen-bond donors (Lipinski definition) is 0. The molecule has 0 radical (unpaired) electrons. The number of thioether (sulfide) groups is 1. The highest BCUT2D eigenvalue weighted by Crippen LogP contribution is 2.26. The maximum absolute atomic E-state index is 12.3. The molecule has 0 saturated carbocycles. The van der Waals surface area contributed by atoms with Gasteiger partial charge in [-0.15, -0.1) is 10.2 Å². The maximum atomic E-state index is 12.3. The predicted octanol–water partition coefficient (Wildman–Crippen LogP) is 0.645. The Morgan fingerprint density at radius 2 is 2.24 bits per heavy atom. The molecule has 0 aromatic carbocycles. The molecule has 1 aromatic rings. The lowest BCUT2D eigenvalue weighted by molar-refractivity contribution is -0.128. The Morgan fingerprint density at radius 1 is 1.52 bits per heavy atom. The molecule has 1 fully saturated rings. The van der Waals surface area contributed by atoms with E-state index in [0.717, 1.165) is 5.82 Å². The Hall–Kier alpha value is -1.60. The molecule has 2 atom stereocenters. The lowest BCUT2D eigenvalue weighted by atomic mass is 10.1. The minimum absolute atomic E-state index is 0.0633. The molecule has 1 aromatic heterocycles. The third-order valence-electron chi connectivity index (χ3n) is 4.29. The third kappa shape index (κ3) is 5.19. The molecule has 10 heteroatoms. The van der Waals surface area contributed by atoms with E-state index in [2.05, 4.69) is 10.2 Å². The summed E-state index contributed by atoms with van der Waals surface area (Å²) < 4.78 is 25.0. The van der Waals surface area contributed by atoms with Crippen LogP contribution < -0.4 is 0 Å². The van der Waals surface area contributed by atoms with E-state index in [1.165, 1.54) is 11.8 Å². The van der Waals surface area contributed by atoms with Gasteiger partial charge in [-0.05, 0) is 19.3 Å². The van der Waals surface area contributed by atoms with Crippen LogP contribution in [0.2, 0.25) is 0 Å². The lowest BCUT2D eigenvalue weighted by Crippen LogP contribution is -2.34. The average Bonchev–Trinajstić information content (AvgIpc) is 3.08. The minimum Gasteiger partial charge on any atom is -0.344 e. The van der Waals surface area contributed by atoms with Gasteiger partial charge in [0.15, 0.2) is 15.0 Å². The van der Waals surface area contributed by atoms with Crippen LogP contribution in [0.4, 0.5) is 0 Å². The second kappa shape index (κ2) is 8.19. The van der Waals surface area contributed by atoms with Crippen molar-refractivity contribution in [2.45, 2.75) is 36.6 Å². The van der Waals surface area contributed by atoms with Crippen molar-refractivity contribution in [2.75, 3.05) is 25.1 Å². The molecule has 0 bridgehead atoms. The molecule has 1 amide bonds. The fraction of sp³-hybridized carbons (Fsp3) is 0.733. The molecule has 138 valence electrons. The van der Waals surface area contributed by atoms with Gasteiger partial charge in [0, 0.05) is 27.1 Å². The van der Waals surface area contributed by atoms with Crippen molar-refractivity contribution in [1.82, 2.24) is 19.7 Å². The zero-order valence-electron chi connectivity index (χ0n) is 14.7. The molecule has 1 saturated heterocycles. The Morgan fingerprint density at radius 3 is 2.84 bits per heavy atom. The Bertz CT molecular complexity index is 769. The third-order valence-corrected chi connectivity index (χ3v) is 7.25. The van der Waals surface area contributed by atoms with Crippen molar-refractivity contribution in [1.29, 1.82) is 5.26 Å². The summed E-state index contributed by atoms with van der Waals surface area (Å²) in [6, 6.07) is 2.02. The van der Waals surface area contributed by atoms with Crippen molar-refractivity contribution >= 4 is 27.5 Å². The first-order chi connectivity index (χ1) is 11.7. The quantitative estimate of drug-likeness (QED) is 0.634. The zero-order chi connectivity index (χ0) is 18.6. The summed E-state index contributed by atoms with van der Waals surface area (Å²) in [6.45, 7) is 2.20. The van der Waals surface area contributed by atoms with Gasteiger partial charge in [0.2, 0.25) is 5.91 Å². The van der Waals surface area contributed by atoms with E-state index in [0.29, 0.717) is 31.0 Å². The van der Waals surface area contributed by atoms with Crippen LogP contribution in [-0.2, 0) is 28.1 Å². The number of hydrogen-bond acceptors (Lipinski definition) is 7. The smallest absolute Gasteiger partial charge is 0.235 e. The summed E-state index contributed by atoms with van der Waals surface area (Å²) in [5.41, 5.74) is 0. The molecule has 8 nitrogen and oxygen atoms in total. The van der Waals surface area contributed by atoms with Crippen LogP contribution in [0.15, 0.2) is 5.16 Å². The number of sulfone groups is 1. The summed E-state index contributed by atoms with van der Waals surface area (Å²) in [6.07, 6.45) is 1.54. The van der Waals surface area contributed by atoms with Gasteiger partial charge in [-0.1, -0.05) is 11.8 Å². The van der Waals surface area contributed by atoms with Crippen molar-refractivity contribution in [3.63, 3.8) is 0 Å². The fourth-order valence-electron chi connectivity index (χ4n) is 2.76. The maximum Gasteiger partial charge on any atom is 0.235 e. The molecular formula is C15H23N5O3S2. The van der Waals surface area contributed by atoms with Gasteiger partial charge in [-0.2, -0.15) is 5.26 Å². The Balaban J connectivity index is 1.96. The first-order valence-corrected chi connectivity index (χ1v) is 10.8. The minimum atomic E-state index is -2.90. The number of carbonyl (C=O) groups excluding carboxylic acids is 1. The highest BCUT2D eigenvalue weighted by Gasteiger charge is 2.29. The molecule has 1 aliphatic rings. The van der Waals surface area contributed by atoms with Crippen LogP contribution in [0.1, 0.15) is 25.6 Å². The summed E-state index contributed by atoms with van der Waals surface area (Å²) in [5, 5.41) is 17.2. The number of rotatable bonds is 7. The first-order valence-electron chi connectivity index (χ1n) is 8.10. The van der Waals surface area contributed by atoms with Gasteiger partial charge in [-0.25, -0.2) is 8.42 Å². The number of nitriles is 1. The largest absolute Gasteiger partial charge is 0.344 e. The summed E-state index contributed by atoms with van der Waals surface area (Å²) >= 11 is 1.32. The normalized spacial score (nSPS) is 20.2. The molecular weight excluding hydrogens is 362 g/mol. The van der Waals surface area contributed by atoms with Crippen molar-refractivity contribution < 1.29 is 13.2 Å². The van der Waals surface area contributed by atoms with E-state index in [9.17, 15) is 13.2 Å². The van der Waals surface area contributed by atoms with Gasteiger partial charge in [0.1, 0.15) is 5.82 Å². The van der Waals surface area contributed by atoms with Crippen LogP contribution in [-0.4, -0.2) is 64.3 Å². The van der Waals surface area contributed by atoms with Crippen molar-refractivity contribution in [2.24, 2.45) is 13.0 Å². The Labute approximate surface area is 152 Å². The second-order valence-electron chi connectivity index (χ2n) is 6.36. The van der Waals surface area contributed by atoms with Crippen LogP contribution in [0.25, 0.3) is 0 Å². The lowest BCUT2D eigenvalue weighted by Gasteiger charge is -2.19. The van der Waals surface area contributed by atoms with Gasteiger partial charge >= 0.3 is 0 Å². The molecule has 25 heavy (non-hydrogen) atoms. The van der Waals surface area contributed by atoms with Crippen LogP contribution in [0.5, 0.6) is 0 Å². The van der Waals surface area contributed by atoms with Gasteiger partial charge < -0.3 is 9.47 Å². The number of carbonyl (C=O) groups is 1. The number of amides is 1. The van der Waals surface area contributed by atoms with E-state index in [1.54, 1.807) is 18.9 Å². The molecule has 0 unspecified atom stereocenters. The fourth-order valence-corrected chi connectivity index (χ4v) is 5.57. The van der Waals surface area contributed by atoms with Crippen LogP contribution in [0.3, 0.4) is 0 Å². The molecule has 0 aliphatic carbocycles. The van der Waals surface area contributed by atoms with Crippen LogP contribution in [0, 0.1) is 17.2 Å². The SMILES string of the molecule is C[C@H](Sc1nnc(C[C@H]2CCS(=O)(=O)C2)n1C)C(=O)N(C)CCC#N. The number of aromatic nitrogens is 3. The van der Waals surface area contributed by atoms with Crippen molar-refractivity contribution in [3.05, 3.63) is 5.82 Å². The predicted molar refractivity (Wildman–Crippen MR) is 94.7 cm³/mol. The molecule has 2 rings (SSSR count). The van der Waals surface area contributed by atoms with Crippen LogP contribution >= 0.6 is 11.8 Å². The van der Waals surface area contributed by atoms with E-state index in [4.69, 9.17) is 5.26 Å². The summed E-state index contributed by atoms with van der Waals surface area (Å²) in [5.74, 6) is 1.22. The summed E-state index contributed by atoms with van der Waals surface area (Å²) in [7, 11) is 0.606. The van der Waals surface area contributed by atoms with Gasteiger partial charge in [0.25, 0.3) is 0 Å². The topological polar surface area (TPSA) is 109 Å². The zero-order valence-corrected chi connectivity index (χ0v) is 16.3. The highest BCUT2D eigenvalue weighted by atomic mass is 32.2. The van der Waals surface area contributed by atoms with E-state index >= 15 is 0 Å². The average molecular weight is 386 g/mol. The van der Waals surface area contributed by atoms with Gasteiger partial charge in [-0.3, -0.25) is 4.79 Å². The summed E-state index contributed by atoms with van der Waals surface area (Å²) in [4.78, 5) is 13.8. The van der Waals surface area contributed by atoms with Gasteiger partial charge in [0.05, 0.1) is 29.2 Å². The standard InChI is InChI=1S/C15H23N5O3S2/c1-11(14(21)19(2)7-4-6-16)24-15-18-17-13(20(15)3)9-12-5-8-25(22,23)10-12/h11-12H,4-5,7-10H2,1-3H3/t11-,12+/m0/s1. The Kier molecular flexibility index (Phi) is 6.46. The monoisotopic (exact) mass is 385 g/mol. The molecule has 0 spiro atoms.